The van der Waals surface area contributed by atoms with Gasteiger partial charge in [-0.25, -0.2) is 4.98 Å². The van der Waals surface area contributed by atoms with Gasteiger partial charge in [0.05, 0.1) is 6.61 Å². The molecule has 0 spiro atoms. The van der Waals surface area contributed by atoms with E-state index >= 15 is 0 Å². The van der Waals surface area contributed by atoms with Gasteiger partial charge in [0, 0.05) is 32.9 Å². The van der Waals surface area contributed by atoms with E-state index in [1.165, 1.54) is 12.3 Å². The third-order valence-corrected chi connectivity index (χ3v) is 2.96. The minimum atomic E-state index is -0.695. The summed E-state index contributed by atoms with van der Waals surface area (Å²) in [6.45, 7) is -0.422. The molecule has 1 aromatic carbocycles. The zero-order valence-electron chi connectivity index (χ0n) is 8.62. The van der Waals surface area contributed by atoms with Gasteiger partial charge < -0.3 is 5.11 Å². The molecule has 0 fully saturated rings. The summed E-state index contributed by atoms with van der Waals surface area (Å²) in [6.07, 6.45) is 1.33. The number of nitrogens with zero attached hydrogens (tertiary/aromatic N) is 1. The molecule has 1 N–H and O–H groups in total. The Morgan fingerprint density at radius 1 is 1.24 bits per heavy atom. The maximum Gasteiger partial charge on any atom is 0.218 e. The lowest BCUT2D eigenvalue weighted by molar-refractivity contribution is 0.274. The molecule has 88 valence electrons. The van der Waals surface area contributed by atoms with Crippen LogP contribution in [0.2, 0.25) is 10.0 Å². The first-order chi connectivity index (χ1) is 8.13. The second-order valence-corrected chi connectivity index (χ2v) is 4.24. The van der Waals surface area contributed by atoms with Crippen LogP contribution in [0.1, 0.15) is 5.56 Å². The first-order valence-electron chi connectivity index (χ1n) is 4.83. The van der Waals surface area contributed by atoms with Gasteiger partial charge in [-0.05, 0) is 18.2 Å². The predicted octanol–water partition coefficient (Wildman–Crippen LogP) is 3.69. The molecule has 0 aliphatic carbocycles. The molecule has 1 heterocycles. The molecule has 0 aliphatic heterocycles. The number of aliphatic hydroxyl groups excluding tert-OH is 1. The molecule has 1 aromatic heterocycles. The third kappa shape index (κ3) is 2.41. The molecule has 0 bridgehead atoms. The predicted molar refractivity (Wildman–Crippen MR) is 65.6 cm³/mol. The van der Waals surface area contributed by atoms with Gasteiger partial charge in [-0.2, -0.15) is 4.39 Å². The quantitative estimate of drug-likeness (QED) is 0.846. The van der Waals surface area contributed by atoms with E-state index in [0.717, 1.165) is 0 Å². The van der Waals surface area contributed by atoms with Crippen LogP contribution in [0, 0.1) is 5.95 Å². The lowest BCUT2D eigenvalue weighted by Crippen LogP contribution is -1.95. The maximum atomic E-state index is 13.1. The standard InChI is InChI=1S/C12H8Cl2FNO/c13-9-2-1-3-10(14)11(9)7-4-8(6-17)12(15)16-5-7/h1-5,17H,6H2. The van der Waals surface area contributed by atoms with Crippen molar-refractivity contribution in [3.63, 3.8) is 0 Å². The average molecular weight is 272 g/mol. The van der Waals surface area contributed by atoms with Crippen LogP contribution in [-0.2, 0) is 6.61 Å². The van der Waals surface area contributed by atoms with Gasteiger partial charge in [-0.1, -0.05) is 29.3 Å². The van der Waals surface area contributed by atoms with Crippen molar-refractivity contribution < 1.29 is 9.50 Å². The minimum absolute atomic E-state index is 0.110. The lowest BCUT2D eigenvalue weighted by Gasteiger charge is -2.08. The number of pyridine rings is 1. The monoisotopic (exact) mass is 271 g/mol. The molecular weight excluding hydrogens is 264 g/mol. The number of rotatable bonds is 2. The zero-order valence-corrected chi connectivity index (χ0v) is 10.1. The van der Waals surface area contributed by atoms with Crippen molar-refractivity contribution in [3.05, 3.63) is 52.0 Å². The Balaban J connectivity index is 2.61. The molecule has 0 radical (unpaired) electrons. The van der Waals surface area contributed by atoms with Crippen molar-refractivity contribution in [2.45, 2.75) is 6.61 Å². The highest BCUT2D eigenvalue weighted by molar-refractivity contribution is 6.39. The highest BCUT2D eigenvalue weighted by atomic mass is 35.5. The molecule has 0 saturated carbocycles. The van der Waals surface area contributed by atoms with E-state index in [0.29, 0.717) is 21.2 Å². The number of hydrogen-bond donors (Lipinski definition) is 1. The molecule has 0 atom stereocenters. The fraction of sp³-hybridized carbons (Fsp3) is 0.0833. The second kappa shape index (κ2) is 5.00. The molecule has 0 aliphatic rings. The number of hydrogen-bond acceptors (Lipinski definition) is 2. The summed E-state index contributed by atoms with van der Waals surface area (Å²) in [5.74, 6) is -0.695. The summed E-state index contributed by atoms with van der Waals surface area (Å²) in [4.78, 5) is 3.56. The minimum Gasteiger partial charge on any atom is -0.392 e. The van der Waals surface area contributed by atoms with Gasteiger partial charge in [-0.3, -0.25) is 0 Å². The van der Waals surface area contributed by atoms with Crippen LogP contribution in [0.5, 0.6) is 0 Å². The summed E-state index contributed by atoms with van der Waals surface area (Å²) < 4.78 is 13.1. The Morgan fingerprint density at radius 2 is 1.88 bits per heavy atom. The number of aromatic nitrogens is 1. The van der Waals surface area contributed by atoms with Crippen molar-refractivity contribution >= 4 is 23.2 Å². The van der Waals surface area contributed by atoms with E-state index in [4.69, 9.17) is 28.3 Å². The van der Waals surface area contributed by atoms with Gasteiger partial charge in [0.25, 0.3) is 0 Å². The molecule has 2 aromatic rings. The maximum absolute atomic E-state index is 13.1. The van der Waals surface area contributed by atoms with Crippen LogP contribution in [-0.4, -0.2) is 10.1 Å². The van der Waals surface area contributed by atoms with Crippen molar-refractivity contribution in [1.82, 2.24) is 4.98 Å². The summed E-state index contributed by atoms with van der Waals surface area (Å²) >= 11 is 12.1. The van der Waals surface area contributed by atoms with Crippen molar-refractivity contribution in [3.8, 4) is 11.1 Å². The summed E-state index contributed by atoms with van der Waals surface area (Å²) in [5.41, 5.74) is 1.27. The molecule has 0 unspecified atom stereocenters. The van der Waals surface area contributed by atoms with Crippen molar-refractivity contribution in [2.24, 2.45) is 0 Å². The van der Waals surface area contributed by atoms with Crippen LogP contribution in [0.4, 0.5) is 4.39 Å². The summed E-state index contributed by atoms with van der Waals surface area (Å²) in [7, 11) is 0. The second-order valence-electron chi connectivity index (χ2n) is 3.43. The Labute approximate surface area is 108 Å². The number of halogens is 3. The van der Waals surface area contributed by atoms with Gasteiger partial charge >= 0.3 is 0 Å². The van der Waals surface area contributed by atoms with E-state index in [1.54, 1.807) is 18.2 Å². The van der Waals surface area contributed by atoms with E-state index in [2.05, 4.69) is 4.98 Å². The fourth-order valence-electron chi connectivity index (χ4n) is 1.51. The molecular formula is C12H8Cl2FNO. The first kappa shape index (κ1) is 12.3. The van der Waals surface area contributed by atoms with Crippen molar-refractivity contribution in [2.75, 3.05) is 0 Å². The molecule has 17 heavy (non-hydrogen) atoms. The number of benzene rings is 1. The largest absolute Gasteiger partial charge is 0.392 e. The molecule has 0 amide bonds. The number of aliphatic hydroxyl groups is 1. The molecule has 0 saturated heterocycles. The zero-order chi connectivity index (χ0) is 12.4. The van der Waals surface area contributed by atoms with Crippen LogP contribution in [0.15, 0.2) is 30.5 Å². The van der Waals surface area contributed by atoms with E-state index in [-0.39, 0.29) is 5.56 Å². The van der Waals surface area contributed by atoms with E-state index < -0.39 is 12.6 Å². The lowest BCUT2D eigenvalue weighted by atomic mass is 10.1. The highest BCUT2D eigenvalue weighted by Gasteiger charge is 2.11. The summed E-state index contributed by atoms with van der Waals surface area (Å²) in [5, 5.41) is 9.89. The van der Waals surface area contributed by atoms with E-state index in [1.807, 2.05) is 0 Å². The normalized spacial score (nSPS) is 10.6. The van der Waals surface area contributed by atoms with Gasteiger partial charge in [0.1, 0.15) is 0 Å². The van der Waals surface area contributed by atoms with Crippen LogP contribution in [0.25, 0.3) is 11.1 Å². The van der Waals surface area contributed by atoms with Gasteiger partial charge in [-0.15, -0.1) is 0 Å². The van der Waals surface area contributed by atoms with E-state index in [9.17, 15) is 4.39 Å². The average Bonchev–Trinajstić information content (AvgIpc) is 2.31. The summed E-state index contributed by atoms with van der Waals surface area (Å²) in [6, 6.07) is 6.57. The first-order valence-corrected chi connectivity index (χ1v) is 5.58. The Hall–Kier alpha value is -1.16. The molecule has 2 nitrogen and oxygen atoms in total. The van der Waals surface area contributed by atoms with Crippen LogP contribution < -0.4 is 0 Å². The van der Waals surface area contributed by atoms with Gasteiger partial charge in [0.2, 0.25) is 5.95 Å². The molecule has 2 rings (SSSR count). The van der Waals surface area contributed by atoms with Crippen LogP contribution >= 0.6 is 23.2 Å². The topological polar surface area (TPSA) is 33.1 Å². The Kier molecular flexibility index (Phi) is 3.62. The van der Waals surface area contributed by atoms with Crippen molar-refractivity contribution in [1.29, 1.82) is 0 Å². The smallest absolute Gasteiger partial charge is 0.218 e. The fourth-order valence-corrected chi connectivity index (χ4v) is 2.13. The highest BCUT2D eigenvalue weighted by Crippen LogP contribution is 2.34. The van der Waals surface area contributed by atoms with Crippen LogP contribution in [0.3, 0.4) is 0 Å². The molecule has 5 heteroatoms. The third-order valence-electron chi connectivity index (χ3n) is 2.33. The SMILES string of the molecule is OCc1cc(-c2c(Cl)cccc2Cl)cnc1F. The Morgan fingerprint density at radius 3 is 2.47 bits per heavy atom. The van der Waals surface area contributed by atoms with Gasteiger partial charge in [0.15, 0.2) is 0 Å². The Bertz CT molecular complexity index is 540.